The molecule has 2 saturated heterocycles. The van der Waals surface area contributed by atoms with E-state index in [9.17, 15) is 9.59 Å². The monoisotopic (exact) mass is 269 g/mol. The van der Waals surface area contributed by atoms with Crippen molar-refractivity contribution in [2.75, 3.05) is 39.3 Å². The van der Waals surface area contributed by atoms with E-state index in [0.29, 0.717) is 25.6 Å². The number of hydrogen-bond donors (Lipinski definition) is 1. The van der Waals surface area contributed by atoms with Crippen LogP contribution in [0.2, 0.25) is 0 Å². The lowest BCUT2D eigenvalue weighted by molar-refractivity contribution is -0.137. The Bertz CT molecular complexity index is 351. The van der Waals surface area contributed by atoms with Crippen LogP contribution in [0.4, 0.5) is 4.79 Å². The van der Waals surface area contributed by atoms with Gasteiger partial charge in [0.2, 0.25) is 5.91 Å². The predicted molar refractivity (Wildman–Crippen MR) is 71.0 cm³/mol. The second kappa shape index (κ2) is 5.77. The lowest BCUT2D eigenvalue weighted by atomic mass is 10.1. The number of nitrogens with zero attached hydrogens (tertiary/aromatic N) is 3. The van der Waals surface area contributed by atoms with Gasteiger partial charge in [0.1, 0.15) is 0 Å². The molecule has 2 heterocycles. The third-order valence-electron chi connectivity index (χ3n) is 4.16. The van der Waals surface area contributed by atoms with Gasteiger partial charge in [-0.15, -0.1) is 0 Å². The minimum absolute atomic E-state index is 0.132. The number of likely N-dealkylation sites (tertiary alicyclic amines) is 1. The maximum Gasteiger partial charge on any atom is 0.407 e. The molecule has 2 aliphatic heterocycles. The molecular weight excluding hydrogens is 246 g/mol. The van der Waals surface area contributed by atoms with Crippen molar-refractivity contribution in [2.24, 2.45) is 5.92 Å². The molecule has 0 bridgehead atoms. The average molecular weight is 269 g/mol. The molecule has 0 aromatic rings. The van der Waals surface area contributed by atoms with E-state index in [1.807, 2.05) is 4.90 Å². The normalized spacial score (nSPS) is 25.1. The molecule has 0 radical (unpaired) electrons. The van der Waals surface area contributed by atoms with E-state index < -0.39 is 6.09 Å². The molecule has 1 N–H and O–H groups in total. The van der Waals surface area contributed by atoms with Crippen molar-refractivity contribution in [3.8, 4) is 0 Å². The highest BCUT2D eigenvalue weighted by molar-refractivity contribution is 5.80. The van der Waals surface area contributed by atoms with Crippen LogP contribution in [0.25, 0.3) is 0 Å². The number of carbonyl (C=O) groups excluding carboxylic acids is 1. The van der Waals surface area contributed by atoms with Crippen molar-refractivity contribution in [3.63, 3.8) is 0 Å². The Morgan fingerprint density at radius 1 is 1.05 bits per heavy atom. The molecular formula is C13H23N3O3. The standard InChI is InChI=1S/C13H23N3O3/c1-10(2)14-5-7-15(8-6-14)12(17)11-3-4-16(9-11)13(18)19/h10-11H,3-9H2,1-2H3,(H,18,19)/t11-/m0/s1. The van der Waals surface area contributed by atoms with Crippen molar-refractivity contribution >= 4 is 12.0 Å². The molecule has 6 nitrogen and oxygen atoms in total. The van der Waals surface area contributed by atoms with Crippen LogP contribution in [-0.4, -0.2) is 77.1 Å². The van der Waals surface area contributed by atoms with Crippen LogP contribution in [0, 0.1) is 5.92 Å². The van der Waals surface area contributed by atoms with Gasteiger partial charge < -0.3 is 14.9 Å². The average Bonchev–Trinajstić information content (AvgIpc) is 2.87. The largest absolute Gasteiger partial charge is 0.465 e. The van der Waals surface area contributed by atoms with Crippen LogP contribution in [-0.2, 0) is 4.79 Å². The molecule has 0 unspecified atom stereocenters. The fourth-order valence-corrected chi connectivity index (χ4v) is 2.85. The van der Waals surface area contributed by atoms with Crippen LogP contribution < -0.4 is 0 Å². The smallest absolute Gasteiger partial charge is 0.407 e. The Labute approximate surface area is 114 Å². The minimum atomic E-state index is -0.917. The molecule has 2 amide bonds. The summed E-state index contributed by atoms with van der Waals surface area (Å²) >= 11 is 0. The van der Waals surface area contributed by atoms with Crippen molar-refractivity contribution in [3.05, 3.63) is 0 Å². The maximum absolute atomic E-state index is 12.3. The molecule has 108 valence electrons. The topological polar surface area (TPSA) is 64.1 Å². The number of carbonyl (C=O) groups is 2. The van der Waals surface area contributed by atoms with Crippen molar-refractivity contribution < 1.29 is 14.7 Å². The van der Waals surface area contributed by atoms with Gasteiger partial charge in [0.15, 0.2) is 0 Å². The summed E-state index contributed by atoms with van der Waals surface area (Å²) in [7, 11) is 0. The second-order valence-electron chi connectivity index (χ2n) is 5.67. The third kappa shape index (κ3) is 3.18. The zero-order valence-corrected chi connectivity index (χ0v) is 11.7. The highest BCUT2D eigenvalue weighted by atomic mass is 16.4. The van der Waals surface area contributed by atoms with Crippen LogP contribution in [0.3, 0.4) is 0 Å². The predicted octanol–water partition coefficient (Wildman–Crippen LogP) is 0.539. The molecule has 0 aromatic heterocycles. The molecule has 0 saturated carbocycles. The van der Waals surface area contributed by atoms with Gasteiger partial charge in [-0.3, -0.25) is 9.69 Å². The lowest BCUT2D eigenvalue weighted by Gasteiger charge is -2.37. The minimum Gasteiger partial charge on any atom is -0.465 e. The quantitative estimate of drug-likeness (QED) is 0.794. The van der Waals surface area contributed by atoms with Crippen LogP contribution in [0.15, 0.2) is 0 Å². The van der Waals surface area contributed by atoms with Crippen LogP contribution in [0.1, 0.15) is 20.3 Å². The van der Waals surface area contributed by atoms with Gasteiger partial charge in [0, 0.05) is 45.3 Å². The van der Waals surface area contributed by atoms with Crippen molar-refractivity contribution in [1.29, 1.82) is 0 Å². The van der Waals surface area contributed by atoms with E-state index in [4.69, 9.17) is 5.11 Å². The van der Waals surface area contributed by atoms with Crippen LogP contribution in [0.5, 0.6) is 0 Å². The summed E-state index contributed by atoms with van der Waals surface area (Å²) in [4.78, 5) is 28.8. The Morgan fingerprint density at radius 2 is 1.68 bits per heavy atom. The first-order chi connectivity index (χ1) is 8.99. The highest BCUT2D eigenvalue weighted by Gasteiger charge is 2.34. The number of rotatable bonds is 2. The molecule has 0 aliphatic carbocycles. The molecule has 2 rings (SSSR count). The van der Waals surface area contributed by atoms with Crippen molar-refractivity contribution in [1.82, 2.24) is 14.7 Å². The summed E-state index contributed by atoms with van der Waals surface area (Å²) in [5.74, 6) is -0.00569. The van der Waals surface area contributed by atoms with Gasteiger partial charge in [-0.1, -0.05) is 0 Å². The molecule has 0 spiro atoms. The molecule has 2 fully saturated rings. The van der Waals surface area contributed by atoms with Gasteiger partial charge in [-0.2, -0.15) is 0 Å². The maximum atomic E-state index is 12.3. The number of hydrogen-bond acceptors (Lipinski definition) is 3. The molecule has 19 heavy (non-hydrogen) atoms. The lowest BCUT2D eigenvalue weighted by Crippen LogP contribution is -2.52. The van der Waals surface area contributed by atoms with Gasteiger partial charge >= 0.3 is 6.09 Å². The van der Waals surface area contributed by atoms with Gasteiger partial charge in [0.05, 0.1) is 5.92 Å². The first kappa shape index (κ1) is 14.1. The number of carboxylic acid groups (broad SMARTS) is 1. The first-order valence-electron chi connectivity index (χ1n) is 6.99. The molecule has 1 atom stereocenters. The Morgan fingerprint density at radius 3 is 2.16 bits per heavy atom. The zero-order chi connectivity index (χ0) is 14.0. The Hall–Kier alpha value is -1.30. The van der Waals surface area contributed by atoms with Gasteiger partial charge in [-0.05, 0) is 20.3 Å². The van der Waals surface area contributed by atoms with Crippen molar-refractivity contribution in [2.45, 2.75) is 26.3 Å². The SMILES string of the molecule is CC(C)N1CCN(C(=O)[C@H]2CCN(C(=O)O)C2)CC1. The van der Waals surface area contributed by atoms with E-state index in [-0.39, 0.29) is 11.8 Å². The number of piperazine rings is 1. The highest BCUT2D eigenvalue weighted by Crippen LogP contribution is 2.20. The van der Waals surface area contributed by atoms with Gasteiger partial charge in [-0.25, -0.2) is 4.79 Å². The third-order valence-corrected chi connectivity index (χ3v) is 4.16. The van der Waals surface area contributed by atoms with E-state index in [0.717, 1.165) is 26.2 Å². The first-order valence-corrected chi connectivity index (χ1v) is 6.99. The summed E-state index contributed by atoms with van der Waals surface area (Å²) in [5, 5.41) is 8.91. The van der Waals surface area contributed by atoms with E-state index in [1.165, 1.54) is 4.90 Å². The molecule has 6 heteroatoms. The summed E-state index contributed by atoms with van der Waals surface area (Å²) in [6.45, 7) is 8.54. The van der Waals surface area contributed by atoms with E-state index >= 15 is 0 Å². The van der Waals surface area contributed by atoms with E-state index in [1.54, 1.807) is 0 Å². The summed E-state index contributed by atoms with van der Waals surface area (Å²) < 4.78 is 0. The summed E-state index contributed by atoms with van der Waals surface area (Å²) in [5.41, 5.74) is 0. The fourth-order valence-electron chi connectivity index (χ4n) is 2.85. The van der Waals surface area contributed by atoms with E-state index in [2.05, 4.69) is 18.7 Å². The molecule has 0 aromatic carbocycles. The van der Waals surface area contributed by atoms with Crippen LogP contribution >= 0.6 is 0 Å². The summed E-state index contributed by atoms with van der Waals surface area (Å²) in [6.07, 6.45) is -0.255. The summed E-state index contributed by atoms with van der Waals surface area (Å²) in [6, 6.07) is 0.520. The Balaban J connectivity index is 1.83. The van der Waals surface area contributed by atoms with Gasteiger partial charge in [0.25, 0.3) is 0 Å². The second-order valence-corrected chi connectivity index (χ2v) is 5.67. The Kier molecular flexibility index (Phi) is 4.29. The number of amides is 2. The molecule has 2 aliphatic rings. The fraction of sp³-hybridized carbons (Fsp3) is 0.846. The zero-order valence-electron chi connectivity index (χ0n) is 11.7.